The lowest BCUT2D eigenvalue weighted by atomic mass is 9.96. The number of ether oxygens (including phenoxy) is 1. The Kier molecular flexibility index (Phi) is 5.70. The zero-order chi connectivity index (χ0) is 21.3. The number of methoxy groups -OCH3 is 1. The fraction of sp³-hybridized carbons (Fsp3) is 0.588. The lowest BCUT2D eigenvalue weighted by molar-refractivity contribution is 0.0999. The Morgan fingerprint density at radius 1 is 1.21 bits per heavy atom. The maximum absolute atomic E-state index is 12.5. The summed E-state index contributed by atoms with van der Waals surface area (Å²) in [5.74, 6) is 0. The van der Waals surface area contributed by atoms with E-state index in [0.717, 1.165) is 26.3 Å². The van der Waals surface area contributed by atoms with Crippen LogP contribution in [0.25, 0.3) is 0 Å². The van der Waals surface area contributed by atoms with Crippen molar-refractivity contribution >= 4 is 22.0 Å². The molecule has 5 nitrogen and oxygen atoms in total. The van der Waals surface area contributed by atoms with E-state index in [2.05, 4.69) is 9.64 Å². The van der Waals surface area contributed by atoms with E-state index >= 15 is 0 Å². The highest BCUT2D eigenvalue weighted by atomic mass is 32.5. The molecule has 3 rings (SSSR count). The molecule has 1 aromatic carbocycles. The number of aliphatic hydroxyl groups is 1. The number of amides is 1. The summed E-state index contributed by atoms with van der Waals surface area (Å²) in [6.07, 6.45) is 4.07. The van der Waals surface area contributed by atoms with Crippen molar-refractivity contribution in [2.24, 2.45) is 0 Å². The average molecular weight is 432 g/mol. The molecule has 11 heteroatoms. The lowest BCUT2D eigenvalue weighted by Gasteiger charge is -2.40. The van der Waals surface area contributed by atoms with Crippen LogP contribution in [-0.4, -0.2) is 55.5 Å². The van der Waals surface area contributed by atoms with Crippen LogP contribution >= 0.6 is 10.2 Å². The van der Waals surface area contributed by atoms with Crippen molar-refractivity contribution in [2.45, 2.75) is 36.1 Å². The fourth-order valence-electron chi connectivity index (χ4n) is 3.66. The van der Waals surface area contributed by atoms with E-state index < -0.39 is 21.2 Å². The number of aliphatic hydroxyl groups excluding tert-OH is 1. The number of hydrogen-bond acceptors (Lipinski definition) is 4. The Balaban J connectivity index is 0.000000233. The Hall–Kier alpha value is -1.59. The molecule has 2 aliphatic heterocycles. The average Bonchev–Trinajstić information content (AvgIpc) is 3.19. The van der Waals surface area contributed by atoms with E-state index in [9.17, 15) is 29.3 Å². The molecule has 162 valence electrons. The zero-order valence-corrected chi connectivity index (χ0v) is 16.5. The second-order valence-electron chi connectivity index (χ2n) is 7.07. The number of anilines is 1. The third-order valence-electron chi connectivity index (χ3n) is 5.20. The lowest BCUT2D eigenvalue weighted by Crippen LogP contribution is -2.41. The van der Waals surface area contributed by atoms with Crippen molar-refractivity contribution in [3.05, 3.63) is 24.3 Å². The van der Waals surface area contributed by atoms with Crippen LogP contribution in [0.5, 0.6) is 0 Å². The van der Waals surface area contributed by atoms with Gasteiger partial charge in [-0.15, -0.1) is 0 Å². The molecule has 0 spiro atoms. The van der Waals surface area contributed by atoms with E-state index in [4.69, 9.17) is 0 Å². The van der Waals surface area contributed by atoms with Gasteiger partial charge >= 0.3 is 16.3 Å². The molecule has 0 bridgehead atoms. The fourth-order valence-corrected chi connectivity index (χ4v) is 4.34. The van der Waals surface area contributed by atoms with E-state index in [1.807, 2.05) is 0 Å². The van der Waals surface area contributed by atoms with Crippen LogP contribution in [0.1, 0.15) is 25.7 Å². The highest BCUT2D eigenvalue weighted by Gasteiger charge is 2.65. The Morgan fingerprint density at radius 3 is 2.21 bits per heavy atom. The van der Waals surface area contributed by atoms with Crippen LogP contribution < -0.4 is 4.90 Å². The highest BCUT2D eigenvalue weighted by Crippen LogP contribution is 3.02. The molecule has 0 saturated carbocycles. The number of nitrogens with zero attached hydrogens (tertiary/aromatic N) is 2. The van der Waals surface area contributed by atoms with Crippen molar-refractivity contribution in [3.63, 3.8) is 0 Å². The minimum atomic E-state index is -9.74. The van der Waals surface area contributed by atoms with Crippen LogP contribution in [0.3, 0.4) is 0 Å². The second-order valence-corrected chi connectivity index (χ2v) is 9.48. The normalized spacial score (nSPS) is 21.0. The van der Waals surface area contributed by atoms with Crippen molar-refractivity contribution in [2.75, 3.05) is 38.8 Å². The molecule has 2 fully saturated rings. The van der Waals surface area contributed by atoms with Crippen molar-refractivity contribution in [1.29, 1.82) is 0 Å². The monoisotopic (exact) mass is 432 g/mol. The first-order valence-corrected chi connectivity index (χ1v) is 10.7. The topological polar surface area (TPSA) is 53.0 Å². The molecule has 0 radical (unpaired) electrons. The van der Waals surface area contributed by atoms with Crippen molar-refractivity contribution < 1.29 is 34.1 Å². The summed E-state index contributed by atoms with van der Waals surface area (Å²) >= 11 is 0. The number of carbonyl (C=O) groups excluding carboxylic acids is 1. The summed E-state index contributed by atoms with van der Waals surface area (Å²) in [4.78, 5) is 12.2. The number of fused-ring (bicyclic) bond motifs is 1. The standard InChI is InChI=1S/C9H10F5NO2S.C8H15NO/c1-15(9(16)17-2)7-4-3-5-8(6-7)18(10,11,12,13)14;10-7-8-3-1-5-9(8)6-2-4-8/h3-6H,1-2H3;10H,1-7H2. The van der Waals surface area contributed by atoms with Crippen LogP contribution in [0.15, 0.2) is 29.2 Å². The first-order chi connectivity index (χ1) is 12.7. The molecule has 0 atom stereocenters. The predicted molar refractivity (Wildman–Crippen MR) is 98.5 cm³/mol. The number of carbonyl (C=O) groups is 1. The zero-order valence-electron chi connectivity index (χ0n) is 15.7. The van der Waals surface area contributed by atoms with E-state index in [1.54, 1.807) is 0 Å². The molecule has 0 aliphatic carbocycles. The van der Waals surface area contributed by atoms with Gasteiger partial charge in [0.2, 0.25) is 0 Å². The molecule has 2 heterocycles. The Morgan fingerprint density at radius 2 is 1.79 bits per heavy atom. The van der Waals surface area contributed by atoms with Gasteiger partial charge in [0, 0.05) is 18.3 Å². The Labute approximate surface area is 160 Å². The number of hydrogen-bond donors (Lipinski definition) is 1. The van der Waals surface area contributed by atoms with Crippen LogP contribution in [0.2, 0.25) is 0 Å². The first-order valence-electron chi connectivity index (χ1n) is 8.74. The summed E-state index contributed by atoms with van der Waals surface area (Å²) in [5.41, 5.74) is -0.104. The first kappa shape index (κ1) is 22.7. The SMILES string of the molecule is COC(=O)N(C)c1cccc(S(F)(F)(F)(F)F)c1.OCC12CCCN1CCC2. The van der Waals surface area contributed by atoms with E-state index in [1.165, 1.54) is 38.8 Å². The molecule has 2 aliphatic rings. The molecule has 0 unspecified atom stereocenters. The van der Waals surface area contributed by atoms with Gasteiger partial charge in [0.1, 0.15) is 4.90 Å². The molecule has 1 N–H and O–H groups in total. The molecule has 28 heavy (non-hydrogen) atoms. The van der Waals surface area contributed by atoms with Gasteiger partial charge in [-0.3, -0.25) is 9.80 Å². The number of rotatable bonds is 3. The third kappa shape index (κ3) is 5.06. The second kappa shape index (κ2) is 7.03. The van der Waals surface area contributed by atoms with Gasteiger partial charge in [0.05, 0.1) is 13.7 Å². The maximum atomic E-state index is 12.5. The van der Waals surface area contributed by atoms with Crippen LogP contribution in [0.4, 0.5) is 29.9 Å². The largest absolute Gasteiger partial charge is 0.452 e. The molecule has 0 aromatic heterocycles. The Bertz CT molecular complexity index is 719. The van der Waals surface area contributed by atoms with Gasteiger partial charge in [0.25, 0.3) is 0 Å². The summed E-state index contributed by atoms with van der Waals surface area (Å²) in [7, 11) is -7.61. The summed E-state index contributed by atoms with van der Waals surface area (Å²) in [6.45, 7) is 2.83. The van der Waals surface area contributed by atoms with Gasteiger partial charge in [-0.05, 0) is 57.0 Å². The molecule has 1 aromatic rings. The summed E-state index contributed by atoms with van der Waals surface area (Å²) in [6, 6.07) is 2.35. The molecule has 1 amide bonds. The van der Waals surface area contributed by atoms with Crippen LogP contribution in [-0.2, 0) is 4.74 Å². The minimum Gasteiger partial charge on any atom is -0.452 e. The molecular formula is C17H25F5N2O3S. The minimum absolute atomic E-state index is 0.207. The summed E-state index contributed by atoms with van der Waals surface area (Å²) in [5, 5.41) is 9.19. The maximum Gasteiger partial charge on any atom is 0.413 e. The van der Waals surface area contributed by atoms with Crippen LogP contribution in [0, 0.1) is 0 Å². The van der Waals surface area contributed by atoms with Crippen molar-refractivity contribution in [3.8, 4) is 0 Å². The smallest absolute Gasteiger partial charge is 0.413 e. The van der Waals surface area contributed by atoms with E-state index in [-0.39, 0.29) is 23.4 Å². The van der Waals surface area contributed by atoms with Gasteiger partial charge in [-0.2, -0.15) is 0 Å². The van der Waals surface area contributed by atoms with Gasteiger partial charge in [0.15, 0.2) is 0 Å². The predicted octanol–water partition coefficient (Wildman–Crippen LogP) is 5.15. The van der Waals surface area contributed by atoms with Crippen molar-refractivity contribution in [1.82, 2.24) is 4.90 Å². The van der Waals surface area contributed by atoms with E-state index in [0.29, 0.717) is 11.5 Å². The van der Waals surface area contributed by atoms with Gasteiger partial charge in [-0.1, -0.05) is 25.5 Å². The molecular weight excluding hydrogens is 407 g/mol. The van der Waals surface area contributed by atoms with Gasteiger partial charge < -0.3 is 9.84 Å². The number of halogens is 5. The highest BCUT2D eigenvalue weighted by molar-refractivity contribution is 8.45. The molecule has 2 saturated heterocycles. The quantitative estimate of drug-likeness (QED) is 0.671. The summed E-state index contributed by atoms with van der Waals surface area (Å²) < 4.78 is 67.0. The number of benzene rings is 1. The van der Waals surface area contributed by atoms with Gasteiger partial charge in [-0.25, -0.2) is 4.79 Å². The third-order valence-corrected chi connectivity index (χ3v) is 6.35.